The average Bonchev–Trinajstić information content (AvgIpc) is 3.50. The number of furan rings is 1. The van der Waals surface area contributed by atoms with Gasteiger partial charge >= 0.3 is 0 Å². The molecule has 0 bridgehead atoms. The van der Waals surface area contributed by atoms with Gasteiger partial charge in [-0.1, -0.05) is 48.9 Å². The summed E-state index contributed by atoms with van der Waals surface area (Å²) in [6.07, 6.45) is 2.60. The molecule has 160 valence electrons. The van der Waals surface area contributed by atoms with Crippen LogP contribution in [0.25, 0.3) is 0 Å². The van der Waals surface area contributed by atoms with Crippen LogP contribution in [0.5, 0.6) is 5.75 Å². The van der Waals surface area contributed by atoms with Crippen molar-refractivity contribution in [1.82, 2.24) is 15.8 Å². The number of aryl methyl sites for hydroxylation is 2. The molecule has 31 heavy (non-hydrogen) atoms. The molecule has 3 heterocycles. The van der Waals surface area contributed by atoms with Crippen molar-refractivity contribution in [2.75, 3.05) is 0 Å². The van der Waals surface area contributed by atoms with Crippen molar-refractivity contribution in [3.05, 3.63) is 88.9 Å². The van der Waals surface area contributed by atoms with Crippen LogP contribution in [0.1, 0.15) is 47.0 Å². The van der Waals surface area contributed by atoms with Gasteiger partial charge in [-0.3, -0.25) is 4.79 Å². The summed E-state index contributed by atoms with van der Waals surface area (Å²) < 4.78 is 5.56. The number of aromatic hydroxyl groups is 1. The highest BCUT2D eigenvalue weighted by molar-refractivity contribution is 5.86. The number of benzene rings is 2. The van der Waals surface area contributed by atoms with Gasteiger partial charge in [0.15, 0.2) is 0 Å². The van der Waals surface area contributed by atoms with Crippen molar-refractivity contribution in [1.29, 1.82) is 0 Å². The number of hydrogen-bond donors (Lipinski definition) is 3. The molecule has 3 aromatic rings. The summed E-state index contributed by atoms with van der Waals surface area (Å²) in [5.74, 6) is 0.949. The molecule has 2 saturated heterocycles. The van der Waals surface area contributed by atoms with Crippen LogP contribution in [0.2, 0.25) is 0 Å². The van der Waals surface area contributed by atoms with Gasteiger partial charge in [0.2, 0.25) is 5.91 Å². The van der Waals surface area contributed by atoms with Crippen molar-refractivity contribution in [3.8, 4) is 5.75 Å². The standard InChI is InChI=1S/C25H27N3O3/c1-3-16-7-9-17(10-8-16)24-21-22(19-13-15(2)6-11-20(19)29)26-27-23(21)25(30)28(24)14-18-5-4-12-31-18/h4-13,21-24,26-27,29H,3,14H2,1-2H3. The van der Waals surface area contributed by atoms with E-state index in [4.69, 9.17) is 4.42 Å². The van der Waals surface area contributed by atoms with Crippen LogP contribution >= 0.6 is 0 Å². The van der Waals surface area contributed by atoms with E-state index < -0.39 is 0 Å². The Morgan fingerprint density at radius 2 is 1.84 bits per heavy atom. The van der Waals surface area contributed by atoms with Crippen LogP contribution in [-0.2, 0) is 17.8 Å². The van der Waals surface area contributed by atoms with Crippen molar-refractivity contribution >= 4 is 5.91 Å². The van der Waals surface area contributed by atoms with Gasteiger partial charge in [0.05, 0.1) is 24.9 Å². The smallest absolute Gasteiger partial charge is 0.242 e. The topological polar surface area (TPSA) is 77.7 Å². The molecule has 1 amide bonds. The molecule has 4 atom stereocenters. The van der Waals surface area contributed by atoms with Gasteiger partial charge in [-0.05, 0) is 42.7 Å². The number of carbonyl (C=O) groups excluding carboxylic acids is 1. The van der Waals surface area contributed by atoms with E-state index >= 15 is 0 Å². The molecule has 3 N–H and O–H groups in total. The Labute approximate surface area is 181 Å². The first kappa shape index (κ1) is 19.8. The number of phenols is 1. The molecule has 4 unspecified atom stereocenters. The minimum absolute atomic E-state index is 0.0353. The molecule has 2 aliphatic heterocycles. The Hall–Kier alpha value is -3.09. The first-order valence-electron chi connectivity index (χ1n) is 10.8. The number of phenolic OH excluding ortho intramolecular Hbond substituents is 1. The summed E-state index contributed by atoms with van der Waals surface area (Å²) in [6, 6.07) is 17.1. The highest BCUT2D eigenvalue weighted by atomic mass is 16.3. The van der Waals surface area contributed by atoms with E-state index in [-0.39, 0.29) is 35.7 Å². The Bertz CT molecular complexity index is 1080. The largest absolute Gasteiger partial charge is 0.508 e. The molecule has 0 radical (unpaired) electrons. The lowest BCUT2D eigenvalue weighted by Crippen LogP contribution is -2.41. The van der Waals surface area contributed by atoms with Gasteiger partial charge in [0, 0.05) is 11.5 Å². The van der Waals surface area contributed by atoms with Crippen molar-refractivity contribution in [2.24, 2.45) is 5.92 Å². The van der Waals surface area contributed by atoms with E-state index in [2.05, 4.69) is 42.0 Å². The fourth-order valence-electron chi connectivity index (χ4n) is 4.99. The van der Waals surface area contributed by atoms with Gasteiger partial charge < -0.3 is 14.4 Å². The molecule has 0 spiro atoms. The van der Waals surface area contributed by atoms with E-state index in [9.17, 15) is 9.90 Å². The van der Waals surface area contributed by atoms with Gasteiger partial charge in [-0.25, -0.2) is 10.9 Å². The van der Waals surface area contributed by atoms with Gasteiger partial charge in [0.1, 0.15) is 17.6 Å². The summed E-state index contributed by atoms with van der Waals surface area (Å²) in [7, 11) is 0. The van der Waals surface area contributed by atoms with E-state index in [1.165, 1.54) is 5.56 Å². The van der Waals surface area contributed by atoms with Crippen LogP contribution in [0.3, 0.4) is 0 Å². The first-order chi connectivity index (χ1) is 15.1. The maximum absolute atomic E-state index is 13.5. The average molecular weight is 418 g/mol. The summed E-state index contributed by atoms with van der Waals surface area (Å²) in [5.41, 5.74) is 10.7. The van der Waals surface area contributed by atoms with Gasteiger partial charge in [0.25, 0.3) is 0 Å². The fourth-order valence-corrected chi connectivity index (χ4v) is 4.99. The Morgan fingerprint density at radius 1 is 1.06 bits per heavy atom. The van der Waals surface area contributed by atoms with Crippen LogP contribution in [0.4, 0.5) is 0 Å². The summed E-state index contributed by atoms with van der Waals surface area (Å²) in [5, 5.41) is 10.6. The number of rotatable bonds is 5. The molecule has 6 heteroatoms. The maximum atomic E-state index is 13.5. The second kappa shape index (κ2) is 7.87. The van der Waals surface area contributed by atoms with Gasteiger partial charge in [-0.15, -0.1) is 0 Å². The molecule has 0 aliphatic carbocycles. The monoisotopic (exact) mass is 417 g/mol. The second-order valence-electron chi connectivity index (χ2n) is 8.47. The molecular formula is C25H27N3O3. The van der Waals surface area contributed by atoms with Crippen LogP contribution in [0.15, 0.2) is 65.3 Å². The third-order valence-electron chi connectivity index (χ3n) is 6.57. The lowest BCUT2D eigenvalue weighted by molar-refractivity contribution is -0.131. The quantitative estimate of drug-likeness (QED) is 0.589. The Morgan fingerprint density at radius 3 is 2.55 bits per heavy atom. The summed E-state index contributed by atoms with van der Waals surface area (Å²) in [4.78, 5) is 15.4. The number of fused-ring (bicyclic) bond motifs is 1. The minimum Gasteiger partial charge on any atom is -0.508 e. The van der Waals surface area contributed by atoms with Crippen molar-refractivity contribution in [3.63, 3.8) is 0 Å². The first-order valence-corrected chi connectivity index (χ1v) is 10.8. The zero-order chi connectivity index (χ0) is 21.5. The number of amides is 1. The van der Waals surface area contributed by atoms with Crippen molar-refractivity contribution in [2.45, 2.75) is 44.9 Å². The van der Waals surface area contributed by atoms with Crippen molar-refractivity contribution < 1.29 is 14.3 Å². The predicted molar refractivity (Wildman–Crippen MR) is 117 cm³/mol. The number of carbonyl (C=O) groups is 1. The van der Waals surface area contributed by atoms with E-state index in [1.54, 1.807) is 12.3 Å². The normalized spacial score (nSPS) is 25.2. The Kier molecular flexibility index (Phi) is 5.04. The maximum Gasteiger partial charge on any atom is 0.242 e. The van der Waals surface area contributed by atoms with Crippen LogP contribution in [0, 0.1) is 12.8 Å². The predicted octanol–water partition coefficient (Wildman–Crippen LogP) is 3.77. The molecule has 6 nitrogen and oxygen atoms in total. The van der Waals surface area contributed by atoms with Gasteiger partial charge in [-0.2, -0.15) is 0 Å². The number of hydrogen-bond acceptors (Lipinski definition) is 5. The molecule has 5 rings (SSSR count). The third kappa shape index (κ3) is 3.42. The molecule has 2 aromatic carbocycles. The highest BCUT2D eigenvalue weighted by Crippen LogP contribution is 2.49. The molecule has 2 aliphatic rings. The molecule has 2 fully saturated rings. The number of likely N-dealkylation sites (tertiary alicyclic amines) is 1. The zero-order valence-corrected chi connectivity index (χ0v) is 17.7. The van der Waals surface area contributed by atoms with E-state index in [0.717, 1.165) is 28.9 Å². The second-order valence-corrected chi connectivity index (χ2v) is 8.47. The highest BCUT2D eigenvalue weighted by Gasteiger charge is 2.55. The van der Waals surface area contributed by atoms with Crippen LogP contribution in [-0.4, -0.2) is 22.0 Å². The summed E-state index contributed by atoms with van der Waals surface area (Å²) >= 11 is 0. The number of nitrogens with zero attached hydrogens (tertiary/aromatic N) is 1. The number of nitrogens with one attached hydrogen (secondary N) is 2. The third-order valence-corrected chi connectivity index (χ3v) is 6.57. The lowest BCUT2D eigenvalue weighted by Gasteiger charge is -2.31. The lowest BCUT2D eigenvalue weighted by atomic mass is 9.82. The van der Waals surface area contributed by atoms with E-state index in [1.807, 2.05) is 36.1 Å². The molecular weight excluding hydrogens is 390 g/mol. The minimum atomic E-state index is -0.379. The zero-order valence-electron chi connectivity index (χ0n) is 17.7. The SMILES string of the molecule is CCc1ccc(C2C3C(NNC3c3cc(C)ccc3O)C(=O)N2Cc2ccco2)cc1. The molecule has 1 aromatic heterocycles. The molecule has 0 saturated carbocycles. The summed E-state index contributed by atoms with van der Waals surface area (Å²) in [6.45, 7) is 4.55. The fraction of sp³-hybridized carbons (Fsp3) is 0.320. The Balaban J connectivity index is 1.58. The van der Waals surface area contributed by atoms with Crippen LogP contribution < -0.4 is 10.9 Å². The van der Waals surface area contributed by atoms with E-state index in [0.29, 0.717) is 6.54 Å². The number of hydrazine groups is 1.